The maximum atomic E-state index is 9.35. The third kappa shape index (κ3) is 7.50. The molecule has 0 radical (unpaired) electrons. The van der Waals surface area contributed by atoms with Gasteiger partial charge in [-0.3, -0.25) is 0 Å². The Kier molecular flexibility index (Phi) is 10.3. The van der Waals surface area contributed by atoms with Gasteiger partial charge in [-0.25, -0.2) is 0 Å². The van der Waals surface area contributed by atoms with Gasteiger partial charge in [0.1, 0.15) is 0 Å². The van der Waals surface area contributed by atoms with Crippen molar-refractivity contribution in [3.63, 3.8) is 0 Å². The normalized spacial score (nSPS) is 34.2. The summed E-state index contributed by atoms with van der Waals surface area (Å²) in [4.78, 5) is 0. The maximum absolute atomic E-state index is 9.35. The number of hydrogen-bond acceptors (Lipinski definition) is 5. The van der Waals surface area contributed by atoms with Crippen molar-refractivity contribution in [2.45, 2.75) is 62.6 Å². The SMILES string of the molecule is OCC=CC1CCC(C=CCO)(OC2(C=CCO)CCC(C=CCO)CC2)CC1. The topological polar surface area (TPSA) is 90.2 Å². The minimum atomic E-state index is -0.417. The van der Waals surface area contributed by atoms with Crippen LogP contribution < -0.4 is 0 Å². The zero-order chi connectivity index (χ0) is 21.0. The Morgan fingerprint density at radius 3 is 1.24 bits per heavy atom. The standard InChI is InChI=1S/C24H38O5/c25-17-1-5-21-7-13-23(14-8-21,11-3-19-27)29-24(12-4-20-28)15-9-22(10-16-24)6-2-18-26/h1-6,11-12,21-22,25-28H,7-10,13-20H2. The molecule has 5 heteroatoms. The van der Waals surface area contributed by atoms with Gasteiger partial charge in [0.2, 0.25) is 0 Å². The molecule has 2 fully saturated rings. The van der Waals surface area contributed by atoms with E-state index in [4.69, 9.17) is 14.9 Å². The summed E-state index contributed by atoms with van der Waals surface area (Å²) in [6.07, 6.45) is 22.8. The van der Waals surface area contributed by atoms with E-state index in [2.05, 4.69) is 12.2 Å². The van der Waals surface area contributed by atoms with E-state index in [0.717, 1.165) is 51.4 Å². The minimum absolute atomic E-state index is 0.00748. The van der Waals surface area contributed by atoms with Gasteiger partial charge in [-0.1, -0.05) is 48.6 Å². The molecule has 2 saturated carbocycles. The molecule has 0 atom stereocenters. The third-order valence-electron chi connectivity index (χ3n) is 6.24. The van der Waals surface area contributed by atoms with Crippen molar-refractivity contribution in [1.29, 1.82) is 0 Å². The predicted molar refractivity (Wildman–Crippen MR) is 115 cm³/mol. The molecule has 5 nitrogen and oxygen atoms in total. The van der Waals surface area contributed by atoms with Crippen molar-refractivity contribution >= 4 is 0 Å². The first kappa shape index (κ1) is 24.0. The lowest BCUT2D eigenvalue weighted by Gasteiger charge is -2.47. The average molecular weight is 407 g/mol. The van der Waals surface area contributed by atoms with E-state index in [1.54, 1.807) is 12.2 Å². The Hall–Kier alpha value is -1.24. The highest BCUT2D eigenvalue weighted by Crippen LogP contribution is 2.45. The number of rotatable bonds is 10. The highest BCUT2D eigenvalue weighted by molar-refractivity contribution is 5.13. The van der Waals surface area contributed by atoms with E-state index in [-0.39, 0.29) is 26.4 Å². The van der Waals surface area contributed by atoms with E-state index in [0.29, 0.717) is 11.8 Å². The van der Waals surface area contributed by atoms with Crippen LogP contribution in [0.1, 0.15) is 51.4 Å². The summed E-state index contributed by atoms with van der Waals surface area (Å²) in [7, 11) is 0. The molecule has 0 spiro atoms. The van der Waals surface area contributed by atoms with Crippen LogP contribution in [-0.2, 0) is 4.74 Å². The van der Waals surface area contributed by atoms with Crippen LogP contribution in [0.3, 0.4) is 0 Å². The molecule has 0 aliphatic heterocycles. The molecule has 2 rings (SSSR count). The van der Waals surface area contributed by atoms with Gasteiger partial charge in [0.15, 0.2) is 0 Å². The molecular formula is C24H38O5. The fourth-order valence-electron chi connectivity index (χ4n) is 4.69. The smallest absolute Gasteiger partial charge is 0.0875 e. The molecule has 0 heterocycles. The second-order valence-electron chi connectivity index (χ2n) is 8.30. The van der Waals surface area contributed by atoms with Crippen LogP contribution in [0.15, 0.2) is 48.6 Å². The number of ether oxygens (including phenoxy) is 1. The monoisotopic (exact) mass is 406 g/mol. The summed E-state index contributed by atoms with van der Waals surface area (Å²) >= 11 is 0. The molecule has 0 aromatic carbocycles. The molecule has 0 bridgehead atoms. The molecule has 164 valence electrons. The lowest BCUT2D eigenvalue weighted by Crippen LogP contribution is -2.46. The lowest BCUT2D eigenvalue weighted by molar-refractivity contribution is -0.142. The fourth-order valence-corrected chi connectivity index (χ4v) is 4.69. The van der Waals surface area contributed by atoms with Crippen LogP contribution in [0.2, 0.25) is 0 Å². The summed E-state index contributed by atoms with van der Waals surface area (Å²) in [6, 6.07) is 0. The first-order chi connectivity index (χ1) is 14.1. The number of aliphatic hydroxyl groups excluding tert-OH is 4. The Morgan fingerprint density at radius 1 is 0.586 bits per heavy atom. The minimum Gasteiger partial charge on any atom is -0.392 e. The Labute approximate surface area is 175 Å². The largest absolute Gasteiger partial charge is 0.392 e. The van der Waals surface area contributed by atoms with Crippen LogP contribution in [0.4, 0.5) is 0 Å². The molecule has 0 saturated heterocycles. The van der Waals surface area contributed by atoms with Crippen molar-refractivity contribution in [3.8, 4) is 0 Å². The Balaban J connectivity index is 2.15. The first-order valence-corrected chi connectivity index (χ1v) is 10.9. The highest BCUT2D eigenvalue weighted by atomic mass is 16.5. The molecule has 0 amide bonds. The zero-order valence-corrected chi connectivity index (χ0v) is 17.5. The van der Waals surface area contributed by atoms with Crippen molar-refractivity contribution in [1.82, 2.24) is 0 Å². The second-order valence-corrected chi connectivity index (χ2v) is 8.30. The van der Waals surface area contributed by atoms with Crippen molar-refractivity contribution < 1.29 is 25.2 Å². The van der Waals surface area contributed by atoms with E-state index in [1.807, 2.05) is 24.3 Å². The van der Waals surface area contributed by atoms with Crippen molar-refractivity contribution in [2.24, 2.45) is 11.8 Å². The van der Waals surface area contributed by atoms with Crippen LogP contribution in [-0.4, -0.2) is 58.1 Å². The van der Waals surface area contributed by atoms with Gasteiger partial charge in [-0.15, -0.1) is 0 Å². The molecule has 0 unspecified atom stereocenters. The predicted octanol–water partition coefficient (Wildman–Crippen LogP) is 3.06. The van der Waals surface area contributed by atoms with Crippen molar-refractivity contribution in [3.05, 3.63) is 48.6 Å². The molecule has 4 N–H and O–H groups in total. The summed E-state index contributed by atoms with van der Waals surface area (Å²) in [5, 5.41) is 36.8. The van der Waals surface area contributed by atoms with Crippen LogP contribution >= 0.6 is 0 Å². The van der Waals surface area contributed by atoms with Gasteiger partial charge in [-0.05, 0) is 63.2 Å². The number of allylic oxidation sites excluding steroid dienone is 2. The van der Waals surface area contributed by atoms with Gasteiger partial charge in [-0.2, -0.15) is 0 Å². The van der Waals surface area contributed by atoms with Crippen molar-refractivity contribution in [2.75, 3.05) is 26.4 Å². The molecule has 0 aromatic rings. The van der Waals surface area contributed by atoms with E-state index in [9.17, 15) is 10.2 Å². The fraction of sp³-hybridized carbons (Fsp3) is 0.667. The van der Waals surface area contributed by atoms with E-state index >= 15 is 0 Å². The number of hydrogen-bond donors (Lipinski definition) is 4. The second kappa shape index (κ2) is 12.5. The van der Waals surface area contributed by atoms with Gasteiger partial charge in [0.25, 0.3) is 0 Å². The molecule has 2 aliphatic rings. The molecule has 2 aliphatic carbocycles. The van der Waals surface area contributed by atoms with Crippen LogP contribution in [0, 0.1) is 11.8 Å². The Morgan fingerprint density at radius 2 is 0.931 bits per heavy atom. The van der Waals surface area contributed by atoms with Crippen LogP contribution in [0.25, 0.3) is 0 Å². The van der Waals surface area contributed by atoms with E-state index < -0.39 is 11.2 Å². The van der Waals surface area contributed by atoms with Gasteiger partial charge in [0, 0.05) is 0 Å². The van der Waals surface area contributed by atoms with Gasteiger partial charge >= 0.3 is 0 Å². The summed E-state index contributed by atoms with van der Waals surface area (Å²) in [6.45, 7) is 0.131. The third-order valence-corrected chi connectivity index (χ3v) is 6.24. The average Bonchev–Trinajstić information content (AvgIpc) is 2.76. The lowest BCUT2D eigenvalue weighted by atomic mass is 9.75. The summed E-state index contributed by atoms with van der Waals surface area (Å²) < 4.78 is 6.87. The quantitative estimate of drug-likeness (QED) is 0.419. The number of aliphatic hydroxyl groups is 4. The highest BCUT2D eigenvalue weighted by Gasteiger charge is 2.42. The molecule has 0 aromatic heterocycles. The van der Waals surface area contributed by atoms with E-state index in [1.165, 1.54) is 0 Å². The summed E-state index contributed by atoms with van der Waals surface area (Å²) in [5.74, 6) is 0.898. The van der Waals surface area contributed by atoms with Crippen LogP contribution in [0.5, 0.6) is 0 Å². The Bertz CT molecular complexity index is 512. The summed E-state index contributed by atoms with van der Waals surface area (Å²) in [5.41, 5.74) is -0.834. The zero-order valence-electron chi connectivity index (χ0n) is 17.5. The first-order valence-electron chi connectivity index (χ1n) is 10.9. The molecule has 29 heavy (non-hydrogen) atoms. The van der Waals surface area contributed by atoms with Gasteiger partial charge < -0.3 is 25.2 Å². The van der Waals surface area contributed by atoms with Gasteiger partial charge in [0.05, 0.1) is 37.6 Å². The molecular weight excluding hydrogens is 368 g/mol. The maximum Gasteiger partial charge on any atom is 0.0875 e.